The SMILES string of the molecule is CCOc1ccc2c(c1)OC(C)(C)C(Cc1ccc(F)cc1Cl)[C@]21C(=O)Nc2ccccc21. The van der Waals surface area contributed by atoms with Gasteiger partial charge in [-0.2, -0.15) is 0 Å². The minimum Gasteiger partial charge on any atom is -0.494 e. The van der Waals surface area contributed by atoms with Crippen LogP contribution in [0, 0.1) is 11.7 Å². The number of fused-ring (bicyclic) bond motifs is 4. The van der Waals surface area contributed by atoms with Gasteiger partial charge in [-0.1, -0.05) is 41.9 Å². The van der Waals surface area contributed by atoms with E-state index in [2.05, 4.69) is 5.32 Å². The van der Waals surface area contributed by atoms with Crippen LogP contribution in [0.4, 0.5) is 10.1 Å². The molecule has 170 valence electrons. The lowest BCUT2D eigenvalue weighted by Crippen LogP contribution is -2.58. The summed E-state index contributed by atoms with van der Waals surface area (Å²) in [7, 11) is 0. The number of amides is 1. The van der Waals surface area contributed by atoms with E-state index in [0.717, 1.165) is 22.4 Å². The fraction of sp³-hybridized carbons (Fsp3) is 0.296. The summed E-state index contributed by atoms with van der Waals surface area (Å²) in [5.41, 5.74) is 1.50. The molecule has 4 nitrogen and oxygen atoms in total. The van der Waals surface area contributed by atoms with Crippen LogP contribution in [0.15, 0.2) is 60.7 Å². The van der Waals surface area contributed by atoms with Gasteiger partial charge in [-0.15, -0.1) is 0 Å². The van der Waals surface area contributed by atoms with Gasteiger partial charge in [-0.3, -0.25) is 4.79 Å². The third-order valence-electron chi connectivity index (χ3n) is 6.82. The quantitative estimate of drug-likeness (QED) is 0.503. The number of hydrogen-bond acceptors (Lipinski definition) is 3. The highest BCUT2D eigenvalue weighted by atomic mass is 35.5. The van der Waals surface area contributed by atoms with Crippen molar-refractivity contribution in [2.75, 3.05) is 11.9 Å². The smallest absolute Gasteiger partial charge is 0.240 e. The van der Waals surface area contributed by atoms with Crippen molar-refractivity contribution in [2.45, 2.75) is 38.2 Å². The molecular formula is C27H25ClFNO3. The molecule has 3 aromatic carbocycles. The monoisotopic (exact) mass is 465 g/mol. The van der Waals surface area contributed by atoms with Gasteiger partial charge in [0, 0.05) is 28.3 Å². The summed E-state index contributed by atoms with van der Waals surface area (Å²) in [5.74, 6) is 0.499. The van der Waals surface area contributed by atoms with Crippen LogP contribution in [0.3, 0.4) is 0 Å². The highest BCUT2D eigenvalue weighted by Gasteiger charge is 2.62. The maximum atomic E-state index is 13.9. The molecule has 0 saturated carbocycles. The molecular weight excluding hydrogens is 441 g/mol. The van der Waals surface area contributed by atoms with Crippen molar-refractivity contribution in [1.29, 1.82) is 0 Å². The first-order valence-electron chi connectivity index (χ1n) is 11.1. The molecule has 3 aromatic rings. The fourth-order valence-electron chi connectivity index (χ4n) is 5.43. The molecule has 0 saturated heterocycles. The number of para-hydroxylation sites is 1. The number of hydrogen-bond donors (Lipinski definition) is 1. The average molecular weight is 466 g/mol. The van der Waals surface area contributed by atoms with E-state index >= 15 is 0 Å². The maximum absolute atomic E-state index is 13.9. The largest absolute Gasteiger partial charge is 0.494 e. The van der Waals surface area contributed by atoms with Gasteiger partial charge in [-0.05, 0) is 62.6 Å². The number of ether oxygens (including phenoxy) is 2. The van der Waals surface area contributed by atoms with Crippen molar-refractivity contribution in [2.24, 2.45) is 5.92 Å². The Bertz CT molecular complexity index is 1260. The van der Waals surface area contributed by atoms with Crippen LogP contribution in [0.2, 0.25) is 5.02 Å². The first kappa shape index (κ1) is 21.8. The number of nitrogens with one attached hydrogen (secondary N) is 1. The zero-order valence-corrected chi connectivity index (χ0v) is 19.5. The molecule has 33 heavy (non-hydrogen) atoms. The summed E-state index contributed by atoms with van der Waals surface area (Å²) in [6.07, 6.45) is 0.431. The van der Waals surface area contributed by atoms with E-state index in [1.54, 1.807) is 6.07 Å². The molecule has 0 radical (unpaired) electrons. The third-order valence-corrected chi connectivity index (χ3v) is 7.17. The number of carbonyl (C=O) groups is 1. The van der Waals surface area contributed by atoms with E-state index in [1.165, 1.54) is 12.1 Å². The molecule has 6 heteroatoms. The predicted molar refractivity (Wildman–Crippen MR) is 127 cm³/mol. The summed E-state index contributed by atoms with van der Waals surface area (Å²) in [5, 5.41) is 3.44. The summed E-state index contributed by atoms with van der Waals surface area (Å²) in [4.78, 5) is 13.9. The van der Waals surface area contributed by atoms with E-state index in [0.29, 0.717) is 29.5 Å². The van der Waals surface area contributed by atoms with E-state index in [9.17, 15) is 9.18 Å². The Morgan fingerprint density at radius 2 is 1.88 bits per heavy atom. The second-order valence-corrected chi connectivity index (χ2v) is 9.50. The van der Waals surface area contributed by atoms with Crippen molar-refractivity contribution in [3.05, 3.63) is 88.2 Å². The minimum atomic E-state index is -1.00. The van der Waals surface area contributed by atoms with Gasteiger partial charge in [0.15, 0.2) is 0 Å². The molecule has 0 aromatic heterocycles. The molecule has 2 heterocycles. The average Bonchev–Trinajstić information content (AvgIpc) is 3.04. The lowest BCUT2D eigenvalue weighted by atomic mass is 9.58. The van der Waals surface area contributed by atoms with Gasteiger partial charge in [0.2, 0.25) is 5.91 Å². The van der Waals surface area contributed by atoms with Gasteiger partial charge >= 0.3 is 0 Å². The number of anilines is 1. The van der Waals surface area contributed by atoms with Crippen molar-refractivity contribution < 1.29 is 18.7 Å². The Morgan fingerprint density at radius 3 is 2.64 bits per heavy atom. The summed E-state index contributed by atoms with van der Waals surface area (Å²) in [6, 6.07) is 17.8. The molecule has 1 unspecified atom stereocenters. The van der Waals surface area contributed by atoms with Crippen LogP contribution in [-0.2, 0) is 16.6 Å². The van der Waals surface area contributed by atoms with E-state index in [4.69, 9.17) is 21.1 Å². The summed E-state index contributed by atoms with van der Waals surface area (Å²) < 4.78 is 26.0. The second-order valence-electron chi connectivity index (χ2n) is 9.10. The molecule has 1 N–H and O–H groups in total. The van der Waals surface area contributed by atoms with Gasteiger partial charge in [-0.25, -0.2) is 4.39 Å². The van der Waals surface area contributed by atoms with Crippen LogP contribution < -0.4 is 14.8 Å². The molecule has 1 amide bonds. The van der Waals surface area contributed by atoms with Crippen LogP contribution in [0.5, 0.6) is 11.5 Å². The van der Waals surface area contributed by atoms with Crippen molar-refractivity contribution in [1.82, 2.24) is 0 Å². The zero-order chi connectivity index (χ0) is 23.4. The fourth-order valence-corrected chi connectivity index (χ4v) is 5.68. The van der Waals surface area contributed by atoms with Gasteiger partial charge in [0.1, 0.15) is 28.3 Å². The Hall–Kier alpha value is -3.05. The topological polar surface area (TPSA) is 47.6 Å². The van der Waals surface area contributed by atoms with Crippen LogP contribution in [0.1, 0.15) is 37.5 Å². The van der Waals surface area contributed by atoms with Crippen LogP contribution in [0.25, 0.3) is 0 Å². The summed E-state index contributed by atoms with van der Waals surface area (Å²) in [6.45, 7) is 6.43. The Kier molecular flexibility index (Phi) is 5.13. The molecule has 2 atom stereocenters. The van der Waals surface area contributed by atoms with Crippen molar-refractivity contribution >= 4 is 23.2 Å². The molecule has 1 spiro atoms. The van der Waals surface area contributed by atoms with E-state index in [1.807, 2.05) is 63.2 Å². The lowest BCUT2D eigenvalue weighted by molar-refractivity contribution is -0.126. The highest BCUT2D eigenvalue weighted by molar-refractivity contribution is 6.31. The third kappa shape index (κ3) is 3.29. The van der Waals surface area contributed by atoms with Gasteiger partial charge in [0.25, 0.3) is 0 Å². The number of rotatable bonds is 4. The Morgan fingerprint density at radius 1 is 1.09 bits per heavy atom. The van der Waals surface area contributed by atoms with Crippen LogP contribution in [-0.4, -0.2) is 18.1 Å². The van der Waals surface area contributed by atoms with E-state index in [-0.39, 0.29) is 11.8 Å². The van der Waals surface area contributed by atoms with Crippen molar-refractivity contribution in [3.63, 3.8) is 0 Å². The van der Waals surface area contributed by atoms with Crippen molar-refractivity contribution in [3.8, 4) is 11.5 Å². The zero-order valence-electron chi connectivity index (χ0n) is 18.7. The van der Waals surface area contributed by atoms with Gasteiger partial charge in [0.05, 0.1) is 6.61 Å². The second kappa shape index (κ2) is 7.77. The number of halogens is 2. The molecule has 0 aliphatic carbocycles. The number of carbonyl (C=O) groups excluding carboxylic acids is 1. The highest BCUT2D eigenvalue weighted by Crippen LogP contribution is 2.58. The normalized spacial score (nSPS) is 22.3. The molecule has 2 aliphatic rings. The first-order chi connectivity index (χ1) is 15.8. The van der Waals surface area contributed by atoms with Crippen LogP contribution >= 0.6 is 11.6 Å². The standard InChI is InChI=1S/C27H25ClFNO3/c1-4-32-18-11-12-20-23(15-18)33-26(2,3)24(13-16-9-10-17(29)14-21(16)28)27(20)19-7-5-6-8-22(19)30-25(27)31/h5-12,14-15,24H,4,13H2,1-3H3,(H,30,31)/t24?,27-/m1/s1. The first-order valence-corrected chi connectivity index (χ1v) is 11.5. The molecule has 0 bridgehead atoms. The Labute approximate surface area is 197 Å². The summed E-state index contributed by atoms with van der Waals surface area (Å²) >= 11 is 6.43. The molecule has 5 rings (SSSR count). The maximum Gasteiger partial charge on any atom is 0.240 e. The lowest BCUT2D eigenvalue weighted by Gasteiger charge is -2.50. The van der Waals surface area contributed by atoms with Gasteiger partial charge < -0.3 is 14.8 Å². The number of benzene rings is 3. The van der Waals surface area contributed by atoms with E-state index < -0.39 is 16.8 Å². The predicted octanol–water partition coefficient (Wildman–Crippen LogP) is 6.15. The molecule has 2 aliphatic heterocycles. The Balaban J connectivity index is 1.76. The molecule has 0 fully saturated rings. The minimum absolute atomic E-state index is 0.103.